The highest BCUT2D eigenvalue weighted by atomic mass is 32.2. The van der Waals surface area contributed by atoms with Crippen LogP contribution in [0.25, 0.3) is 0 Å². The van der Waals surface area contributed by atoms with Crippen LogP contribution in [-0.4, -0.2) is 33.0 Å². The van der Waals surface area contributed by atoms with Crippen LogP contribution in [0.3, 0.4) is 0 Å². The molecule has 0 fully saturated rings. The molecule has 2 N–H and O–H groups in total. The number of nitrogens with one attached hydrogen (secondary N) is 2. The quantitative estimate of drug-likeness (QED) is 0.681. The van der Waals surface area contributed by atoms with Crippen LogP contribution in [0.4, 0.5) is 0 Å². The van der Waals surface area contributed by atoms with E-state index in [1.54, 1.807) is 6.07 Å². The SMILES string of the molecule is CCSCCC(C)NS(=O)(=O)c1cc(C)c(CNC)s1. The number of thioether (sulfide) groups is 1. The molecule has 0 aromatic carbocycles. The maximum absolute atomic E-state index is 12.3. The van der Waals surface area contributed by atoms with Crippen LogP contribution in [0.2, 0.25) is 0 Å². The third kappa shape index (κ3) is 5.37. The number of aryl methyl sites for hydroxylation is 1. The van der Waals surface area contributed by atoms with E-state index in [1.165, 1.54) is 11.3 Å². The van der Waals surface area contributed by atoms with Gasteiger partial charge in [0.05, 0.1) is 0 Å². The van der Waals surface area contributed by atoms with Crippen molar-refractivity contribution in [3.63, 3.8) is 0 Å². The minimum absolute atomic E-state index is 0.0331. The lowest BCUT2D eigenvalue weighted by molar-refractivity contribution is 0.559. The Bertz CT molecular complexity index is 512. The van der Waals surface area contributed by atoms with Gasteiger partial charge in [0, 0.05) is 17.5 Å². The highest BCUT2D eigenvalue weighted by molar-refractivity contribution is 7.99. The molecule has 0 saturated heterocycles. The van der Waals surface area contributed by atoms with Gasteiger partial charge in [-0.25, -0.2) is 13.1 Å². The van der Waals surface area contributed by atoms with Crippen molar-refractivity contribution in [2.24, 2.45) is 0 Å². The van der Waals surface area contributed by atoms with Gasteiger partial charge in [0.2, 0.25) is 10.0 Å². The van der Waals surface area contributed by atoms with Crippen molar-refractivity contribution < 1.29 is 8.42 Å². The molecule has 0 aliphatic carbocycles. The minimum Gasteiger partial charge on any atom is -0.315 e. The van der Waals surface area contributed by atoms with E-state index in [9.17, 15) is 8.42 Å². The molecule has 1 atom stereocenters. The summed E-state index contributed by atoms with van der Waals surface area (Å²) >= 11 is 3.17. The van der Waals surface area contributed by atoms with Crippen LogP contribution in [0.5, 0.6) is 0 Å². The Morgan fingerprint density at radius 1 is 1.45 bits per heavy atom. The molecule has 1 aromatic heterocycles. The van der Waals surface area contributed by atoms with E-state index in [0.29, 0.717) is 10.8 Å². The molecular weight excluding hydrogens is 312 g/mol. The molecule has 1 heterocycles. The molecule has 0 bridgehead atoms. The minimum atomic E-state index is -3.39. The highest BCUT2D eigenvalue weighted by Gasteiger charge is 2.20. The normalized spacial score (nSPS) is 13.6. The molecule has 0 saturated carbocycles. The van der Waals surface area contributed by atoms with Crippen LogP contribution < -0.4 is 10.0 Å². The first-order chi connectivity index (χ1) is 9.40. The van der Waals surface area contributed by atoms with Gasteiger partial charge in [0.1, 0.15) is 4.21 Å². The van der Waals surface area contributed by atoms with E-state index in [4.69, 9.17) is 0 Å². The van der Waals surface area contributed by atoms with Crippen molar-refractivity contribution in [1.82, 2.24) is 10.0 Å². The Hall–Kier alpha value is -0.0800. The summed E-state index contributed by atoms with van der Waals surface area (Å²) in [5, 5.41) is 3.06. The van der Waals surface area contributed by atoms with Crippen molar-refractivity contribution in [1.29, 1.82) is 0 Å². The molecule has 20 heavy (non-hydrogen) atoms. The average molecular weight is 337 g/mol. The second-order valence-corrected chi connectivity index (χ2v) is 9.18. The molecule has 7 heteroatoms. The largest absolute Gasteiger partial charge is 0.315 e. The summed E-state index contributed by atoms with van der Waals surface area (Å²) in [4.78, 5) is 1.07. The summed E-state index contributed by atoms with van der Waals surface area (Å²) in [6, 6.07) is 1.72. The number of sulfonamides is 1. The van der Waals surface area contributed by atoms with Gasteiger partial charge in [0.25, 0.3) is 0 Å². The lowest BCUT2D eigenvalue weighted by Gasteiger charge is -2.12. The van der Waals surface area contributed by atoms with E-state index in [0.717, 1.165) is 28.4 Å². The topological polar surface area (TPSA) is 58.2 Å². The van der Waals surface area contributed by atoms with Crippen LogP contribution in [0.1, 0.15) is 30.7 Å². The second-order valence-electron chi connectivity index (χ2n) is 4.71. The number of hydrogen-bond donors (Lipinski definition) is 2. The molecule has 0 radical (unpaired) electrons. The summed E-state index contributed by atoms with van der Waals surface area (Å²) < 4.78 is 27.8. The predicted molar refractivity (Wildman–Crippen MR) is 89.2 cm³/mol. The zero-order valence-electron chi connectivity index (χ0n) is 12.5. The molecule has 116 valence electrons. The lowest BCUT2D eigenvalue weighted by atomic mass is 10.3. The zero-order chi connectivity index (χ0) is 15.2. The van der Waals surface area contributed by atoms with Crippen molar-refractivity contribution in [3.8, 4) is 0 Å². The fraction of sp³-hybridized carbons (Fsp3) is 0.692. The molecule has 1 unspecified atom stereocenters. The molecule has 0 amide bonds. The molecule has 4 nitrogen and oxygen atoms in total. The van der Waals surface area contributed by atoms with Crippen molar-refractivity contribution in [3.05, 3.63) is 16.5 Å². The predicted octanol–water partition coefficient (Wildman–Crippen LogP) is 2.59. The first-order valence-corrected chi connectivity index (χ1v) is 10.2. The fourth-order valence-corrected chi connectivity index (χ4v) is 5.45. The highest BCUT2D eigenvalue weighted by Crippen LogP contribution is 2.26. The van der Waals surface area contributed by atoms with Gasteiger partial charge < -0.3 is 5.32 Å². The Kier molecular flexibility index (Phi) is 7.53. The van der Waals surface area contributed by atoms with Crippen molar-refractivity contribution in [2.75, 3.05) is 18.6 Å². The van der Waals surface area contributed by atoms with E-state index in [1.807, 2.05) is 32.7 Å². The summed E-state index contributed by atoms with van der Waals surface area (Å²) in [7, 11) is -1.52. The number of rotatable bonds is 9. The van der Waals surface area contributed by atoms with Gasteiger partial charge in [-0.2, -0.15) is 11.8 Å². The van der Waals surface area contributed by atoms with E-state index in [2.05, 4.69) is 17.0 Å². The Labute approximate surface area is 130 Å². The van der Waals surface area contributed by atoms with E-state index in [-0.39, 0.29) is 6.04 Å². The van der Waals surface area contributed by atoms with Crippen LogP contribution in [-0.2, 0) is 16.6 Å². The molecule has 0 aliphatic rings. The molecule has 1 rings (SSSR count). The first kappa shape index (κ1) is 18.0. The lowest BCUT2D eigenvalue weighted by Crippen LogP contribution is -2.32. The fourth-order valence-electron chi connectivity index (χ4n) is 1.74. The van der Waals surface area contributed by atoms with E-state index >= 15 is 0 Å². The number of hydrogen-bond acceptors (Lipinski definition) is 5. The van der Waals surface area contributed by atoms with Gasteiger partial charge >= 0.3 is 0 Å². The van der Waals surface area contributed by atoms with Gasteiger partial charge in [-0.3, -0.25) is 0 Å². The smallest absolute Gasteiger partial charge is 0.250 e. The van der Waals surface area contributed by atoms with Gasteiger partial charge in [0.15, 0.2) is 0 Å². The molecule has 0 aliphatic heterocycles. The first-order valence-electron chi connectivity index (χ1n) is 6.74. The third-order valence-corrected chi connectivity index (χ3v) is 7.09. The van der Waals surface area contributed by atoms with Crippen molar-refractivity contribution in [2.45, 2.75) is 44.0 Å². The van der Waals surface area contributed by atoms with Crippen LogP contribution in [0, 0.1) is 6.92 Å². The Morgan fingerprint density at radius 2 is 2.15 bits per heavy atom. The van der Waals surface area contributed by atoms with Crippen LogP contribution >= 0.6 is 23.1 Å². The zero-order valence-corrected chi connectivity index (χ0v) is 15.0. The second kappa shape index (κ2) is 8.38. The van der Waals surface area contributed by atoms with Gasteiger partial charge in [-0.05, 0) is 50.5 Å². The third-order valence-electron chi connectivity index (χ3n) is 2.86. The maximum Gasteiger partial charge on any atom is 0.250 e. The summed E-state index contributed by atoms with van der Waals surface area (Å²) in [6.45, 7) is 6.68. The monoisotopic (exact) mass is 336 g/mol. The molecular formula is C13H24N2O2S3. The van der Waals surface area contributed by atoms with E-state index < -0.39 is 10.0 Å². The summed E-state index contributed by atoms with van der Waals surface area (Å²) in [6.07, 6.45) is 0.853. The standard InChI is InChI=1S/C13H24N2O2S3/c1-5-18-7-6-11(3)15-20(16,17)13-8-10(2)12(19-13)9-14-4/h8,11,14-15H,5-7,9H2,1-4H3. The molecule has 0 spiro atoms. The Balaban J connectivity index is 2.70. The summed E-state index contributed by atoms with van der Waals surface area (Å²) in [5.74, 6) is 2.05. The van der Waals surface area contributed by atoms with Crippen molar-refractivity contribution >= 4 is 33.1 Å². The Morgan fingerprint density at radius 3 is 2.75 bits per heavy atom. The van der Waals surface area contributed by atoms with Gasteiger partial charge in [-0.1, -0.05) is 6.92 Å². The number of thiophene rings is 1. The molecule has 1 aromatic rings. The average Bonchev–Trinajstić information content (AvgIpc) is 2.72. The summed E-state index contributed by atoms with van der Waals surface area (Å²) in [5.41, 5.74) is 1.03. The van der Waals surface area contributed by atoms with Crippen LogP contribution in [0.15, 0.2) is 10.3 Å². The maximum atomic E-state index is 12.3. The van der Waals surface area contributed by atoms with Gasteiger partial charge in [-0.15, -0.1) is 11.3 Å².